The molecule has 0 amide bonds. The van der Waals surface area contributed by atoms with E-state index in [0.717, 1.165) is 0 Å². The number of esters is 1. The Morgan fingerprint density at radius 1 is 1.53 bits per heavy atom. The molecule has 0 saturated heterocycles. The van der Waals surface area contributed by atoms with Gasteiger partial charge in [-0.25, -0.2) is 4.79 Å². The van der Waals surface area contributed by atoms with Crippen LogP contribution in [-0.2, 0) is 4.74 Å². The highest BCUT2D eigenvalue weighted by molar-refractivity contribution is 6.31. The highest BCUT2D eigenvalue weighted by Crippen LogP contribution is 2.23. The lowest BCUT2D eigenvalue weighted by Crippen LogP contribution is -2.06. The zero-order valence-corrected chi connectivity index (χ0v) is 10.2. The first-order valence-corrected chi connectivity index (χ1v) is 5.44. The molecule has 0 bridgehead atoms. The number of hydrogen-bond acceptors (Lipinski definition) is 4. The van der Waals surface area contributed by atoms with Crippen LogP contribution in [0.4, 0.5) is 0 Å². The topological polar surface area (TPSA) is 59.3 Å². The molecule has 0 aromatic heterocycles. The summed E-state index contributed by atoms with van der Waals surface area (Å²) >= 11 is 5.80. The molecule has 1 aromatic carbocycles. The van der Waals surface area contributed by atoms with Gasteiger partial charge in [-0.3, -0.25) is 0 Å². The van der Waals surface area contributed by atoms with Crippen LogP contribution in [0.3, 0.4) is 0 Å². The molecule has 1 rings (SSSR count). The van der Waals surface area contributed by atoms with Crippen molar-refractivity contribution in [2.75, 3.05) is 13.7 Å². The summed E-state index contributed by atoms with van der Waals surface area (Å²) in [6.07, 6.45) is 1.03. The minimum Gasteiger partial charge on any atom is -0.493 e. The molecule has 0 atom stereocenters. The number of methoxy groups -OCH3 is 1. The molecule has 0 aliphatic rings. The van der Waals surface area contributed by atoms with E-state index in [-0.39, 0.29) is 5.56 Å². The number of nitriles is 1. The van der Waals surface area contributed by atoms with Crippen molar-refractivity contribution in [1.82, 2.24) is 0 Å². The van der Waals surface area contributed by atoms with E-state index >= 15 is 0 Å². The minimum absolute atomic E-state index is 0.289. The maximum absolute atomic E-state index is 11.5. The van der Waals surface area contributed by atoms with Gasteiger partial charge < -0.3 is 9.47 Å². The van der Waals surface area contributed by atoms with Gasteiger partial charge in [0.05, 0.1) is 19.8 Å². The van der Waals surface area contributed by atoms with E-state index in [2.05, 4.69) is 4.74 Å². The van der Waals surface area contributed by atoms with Crippen LogP contribution in [0.5, 0.6) is 5.75 Å². The van der Waals surface area contributed by atoms with Gasteiger partial charge in [-0.15, -0.1) is 0 Å². The van der Waals surface area contributed by atoms with Gasteiger partial charge in [-0.05, 0) is 24.6 Å². The second kappa shape index (κ2) is 6.77. The molecule has 0 radical (unpaired) electrons. The number of carbonyl (C=O) groups excluding carboxylic acids is 1. The first-order chi connectivity index (χ1) is 8.19. The lowest BCUT2D eigenvalue weighted by molar-refractivity contribution is 0.0596. The Labute approximate surface area is 105 Å². The van der Waals surface area contributed by atoms with Crippen molar-refractivity contribution in [2.24, 2.45) is 0 Å². The van der Waals surface area contributed by atoms with Crippen molar-refractivity contribution in [3.63, 3.8) is 0 Å². The molecule has 17 heavy (non-hydrogen) atoms. The van der Waals surface area contributed by atoms with Crippen LogP contribution in [0.2, 0.25) is 5.02 Å². The van der Waals surface area contributed by atoms with Gasteiger partial charge in [0.15, 0.2) is 0 Å². The maximum atomic E-state index is 11.5. The monoisotopic (exact) mass is 253 g/mol. The smallest absolute Gasteiger partial charge is 0.341 e. The van der Waals surface area contributed by atoms with Crippen molar-refractivity contribution in [1.29, 1.82) is 5.26 Å². The summed E-state index contributed by atoms with van der Waals surface area (Å²) in [6.45, 7) is 0.374. The summed E-state index contributed by atoms with van der Waals surface area (Å²) in [5, 5.41) is 8.82. The van der Waals surface area contributed by atoms with Crippen molar-refractivity contribution in [3.05, 3.63) is 28.8 Å². The van der Waals surface area contributed by atoms with E-state index in [1.807, 2.05) is 6.07 Å². The standard InChI is InChI=1S/C12H12ClNO3/c1-16-12(15)10-8-9(13)4-5-11(10)17-7-3-2-6-14/h4-5,8H,2-3,7H2,1H3. The molecule has 0 saturated carbocycles. The van der Waals surface area contributed by atoms with Gasteiger partial charge in [0.25, 0.3) is 0 Å². The number of ether oxygens (including phenoxy) is 2. The molecule has 0 N–H and O–H groups in total. The van der Waals surface area contributed by atoms with Gasteiger partial charge >= 0.3 is 5.97 Å². The fraction of sp³-hybridized carbons (Fsp3) is 0.333. The van der Waals surface area contributed by atoms with Crippen molar-refractivity contribution in [2.45, 2.75) is 12.8 Å². The molecule has 0 heterocycles. The molecule has 4 nitrogen and oxygen atoms in total. The van der Waals surface area contributed by atoms with Crippen LogP contribution < -0.4 is 4.74 Å². The largest absolute Gasteiger partial charge is 0.493 e. The van der Waals surface area contributed by atoms with Crippen LogP contribution >= 0.6 is 11.6 Å². The third-order valence-corrected chi connectivity index (χ3v) is 2.27. The first-order valence-electron chi connectivity index (χ1n) is 5.06. The summed E-state index contributed by atoms with van der Waals surface area (Å²) in [6, 6.07) is 6.76. The molecule has 0 fully saturated rings. The summed E-state index contributed by atoms with van der Waals surface area (Å²) in [5.74, 6) is -0.0815. The number of hydrogen-bond donors (Lipinski definition) is 0. The Kier molecular flexibility index (Phi) is 5.31. The molecule has 0 aliphatic heterocycles. The van der Waals surface area contributed by atoms with E-state index < -0.39 is 5.97 Å². The third kappa shape index (κ3) is 3.97. The van der Waals surface area contributed by atoms with E-state index in [0.29, 0.717) is 30.2 Å². The Balaban J connectivity index is 2.77. The Morgan fingerprint density at radius 2 is 2.29 bits per heavy atom. The lowest BCUT2D eigenvalue weighted by Gasteiger charge is -2.09. The number of carbonyl (C=O) groups is 1. The predicted octanol–water partition coefficient (Wildman–Crippen LogP) is 2.81. The van der Waals surface area contributed by atoms with Crippen LogP contribution in [0.15, 0.2) is 18.2 Å². The zero-order valence-electron chi connectivity index (χ0n) is 9.40. The summed E-state index contributed by atoms with van der Waals surface area (Å²) in [4.78, 5) is 11.5. The molecule has 1 aromatic rings. The fourth-order valence-corrected chi connectivity index (χ4v) is 1.40. The second-order valence-electron chi connectivity index (χ2n) is 3.24. The lowest BCUT2D eigenvalue weighted by atomic mass is 10.2. The molecule has 0 aliphatic carbocycles. The number of rotatable bonds is 5. The van der Waals surface area contributed by atoms with Gasteiger partial charge in [0.2, 0.25) is 0 Å². The van der Waals surface area contributed by atoms with Crippen LogP contribution in [0.25, 0.3) is 0 Å². The van der Waals surface area contributed by atoms with E-state index in [4.69, 9.17) is 21.6 Å². The third-order valence-electron chi connectivity index (χ3n) is 2.04. The molecule has 0 spiro atoms. The van der Waals surface area contributed by atoms with Crippen molar-refractivity contribution < 1.29 is 14.3 Å². The second-order valence-corrected chi connectivity index (χ2v) is 3.68. The fourth-order valence-electron chi connectivity index (χ4n) is 1.23. The van der Waals surface area contributed by atoms with Crippen molar-refractivity contribution >= 4 is 17.6 Å². The van der Waals surface area contributed by atoms with E-state index in [9.17, 15) is 4.79 Å². The summed E-state index contributed by atoms with van der Waals surface area (Å²) in [7, 11) is 1.29. The maximum Gasteiger partial charge on any atom is 0.341 e. The highest BCUT2D eigenvalue weighted by Gasteiger charge is 2.13. The van der Waals surface area contributed by atoms with Crippen LogP contribution in [-0.4, -0.2) is 19.7 Å². The van der Waals surface area contributed by atoms with Crippen LogP contribution in [0, 0.1) is 11.3 Å². The number of halogens is 1. The normalized spacial score (nSPS) is 9.47. The van der Waals surface area contributed by atoms with Gasteiger partial charge in [-0.1, -0.05) is 11.6 Å². The molecule has 0 unspecified atom stereocenters. The minimum atomic E-state index is -0.497. The van der Waals surface area contributed by atoms with Gasteiger partial charge in [0, 0.05) is 11.4 Å². The number of nitrogens with zero attached hydrogens (tertiary/aromatic N) is 1. The predicted molar refractivity (Wildman–Crippen MR) is 63.1 cm³/mol. The Morgan fingerprint density at radius 3 is 2.94 bits per heavy atom. The summed E-state index contributed by atoms with van der Waals surface area (Å²) < 4.78 is 10.0. The average molecular weight is 254 g/mol. The van der Waals surface area contributed by atoms with Gasteiger partial charge in [0.1, 0.15) is 11.3 Å². The molecular formula is C12H12ClNO3. The zero-order chi connectivity index (χ0) is 12.7. The van der Waals surface area contributed by atoms with Crippen LogP contribution in [0.1, 0.15) is 23.2 Å². The number of unbranched alkanes of at least 4 members (excludes halogenated alkanes) is 1. The average Bonchev–Trinajstić information content (AvgIpc) is 2.35. The van der Waals surface area contributed by atoms with E-state index in [1.54, 1.807) is 12.1 Å². The molecule has 5 heteroatoms. The SMILES string of the molecule is COC(=O)c1cc(Cl)ccc1OCCCC#N. The quantitative estimate of drug-likeness (QED) is 0.598. The molecular weight excluding hydrogens is 242 g/mol. The van der Waals surface area contributed by atoms with Gasteiger partial charge in [-0.2, -0.15) is 5.26 Å². The first kappa shape index (κ1) is 13.3. The summed E-state index contributed by atoms with van der Waals surface area (Å²) in [5.41, 5.74) is 0.289. The Bertz CT molecular complexity index is 440. The molecule has 90 valence electrons. The highest BCUT2D eigenvalue weighted by atomic mass is 35.5. The van der Waals surface area contributed by atoms with E-state index in [1.165, 1.54) is 13.2 Å². The number of benzene rings is 1. The van der Waals surface area contributed by atoms with Crippen molar-refractivity contribution in [3.8, 4) is 11.8 Å². The Hall–Kier alpha value is -1.73.